The van der Waals surface area contributed by atoms with Crippen LogP contribution in [0, 0.1) is 0 Å². The SMILES string of the molecule is CC(C)N1Cc2c(NCc3cnc4ccccc4c3)nc(N3CCN(C(=O)OC(C)(C)C)[C@H](C)C3)nc2C1=O. The molecule has 0 aliphatic carbocycles. The van der Waals surface area contributed by atoms with Gasteiger partial charge in [-0.05, 0) is 59.2 Å². The van der Waals surface area contributed by atoms with Gasteiger partial charge in [0, 0.05) is 55.4 Å². The number of piperazine rings is 1. The highest BCUT2D eigenvalue weighted by molar-refractivity contribution is 5.98. The topological polar surface area (TPSA) is 104 Å². The van der Waals surface area contributed by atoms with E-state index in [1.165, 1.54) is 0 Å². The van der Waals surface area contributed by atoms with Crippen molar-refractivity contribution in [3.8, 4) is 0 Å². The van der Waals surface area contributed by atoms with Gasteiger partial charge in [0.2, 0.25) is 5.95 Å². The highest BCUT2D eigenvalue weighted by Gasteiger charge is 2.36. The van der Waals surface area contributed by atoms with Crippen molar-refractivity contribution >= 4 is 34.7 Å². The summed E-state index contributed by atoms with van der Waals surface area (Å²) >= 11 is 0. The van der Waals surface area contributed by atoms with E-state index in [-0.39, 0.29) is 24.1 Å². The normalized spacial score (nSPS) is 17.7. The van der Waals surface area contributed by atoms with E-state index in [2.05, 4.69) is 16.4 Å². The van der Waals surface area contributed by atoms with Crippen LogP contribution in [0.5, 0.6) is 0 Å². The maximum atomic E-state index is 13.3. The second-order valence-corrected chi connectivity index (χ2v) is 11.6. The van der Waals surface area contributed by atoms with E-state index in [4.69, 9.17) is 14.7 Å². The summed E-state index contributed by atoms with van der Waals surface area (Å²) in [7, 11) is 0. The molecule has 1 aromatic carbocycles. The van der Waals surface area contributed by atoms with E-state index >= 15 is 0 Å². The lowest BCUT2D eigenvalue weighted by atomic mass is 10.1. The van der Waals surface area contributed by atoms with Crippen LogP contribution in [-0.4, -0.2) is 74.1 Å². The van der Waals surface area contributed by atoms with Gasteiger partial charge in [0.15, 0.2) is 0 Å². The molecule has 2 amide bonds. The van der Waals surface area contributed by atoms with Gasteiger partial charge in [-0.1, -0.05) is 18.2 Å². The molecule has 1 N–H and O–H groups in total. The van der Waals surface area contributed by atoms with Crippen LogP contribution in [-0.2, 0) is 17.8 Å². The quantitative estimate of drug-likeness (QED) is 0.515. The van der Waals surface area contributed by atoms with Crippen molar-refractivity contribution in [2.24, 2.45) is 0 Å². The number of benzene rings is 1. The average Bonchev–Trinajstić information content (AvgIpc) is 3.22. The van der Waals surface area contributed by atoms with Crippen LogP contribution in [0.2, 0.25) is 0 Å². The molecule has 2 aromatic heterocycles. The van der Waals surface area contributed by atoms with E-state index < -0.39 is 5.60 Å². The molecule has 0 radical (unpaired) electrons. The van der Waals surface area contributed by atoms with E-state index in [9.17, 15) is 9.59 Å². The summed E-state index contributed by atoms with van der Waals surface area (Å²) in [6.45, 7) is 14.1. The number of nitrogens with zero attached hydrogens (tertiary/aromatic N) is 6. The van der Waals surface area contributed by atoms with Gasteiger partial charge >= 0.3 is 6.09 Å². The third-order valence-electron chi connectivity index (χ3n) is 7.06. The van der Waals surface area contributed by atoms with Crippen LogP contribution in [0.4, 0.5) is 16.6 Å². The standard InChI is InChI=1S/C29H37N7O3/c1-18(2)36-17-22-24(26(36)37)32-27(34-11-12-35(19(3)16-34)28(38)39-29(4,5)6)33-25(22)31-15-20-13-21-9-7-8-10-23(21)30-14-20/h7-10,13-14,18-19H,11-12,15-17H2,1-6H3,(H,31,32,33)/t19-/m1/s1. The van der Waals surface area contributed by atoms with Gasteiger partial charge in [-0.15, -0.1) is 0 Å². The molecule has 10 nitrogen and oxygen atoms in total. The number of anilines is 2. The summed E-state index contributed by atoms with van der Waals surface area (Å²) in [6.07, 6.45) is 1.54. The van der Waals surface area contributed by atoms with Crippen LogP contribution < -0.4 is 10.2 Å². The molecule has 10 heteroatoms. The minimum atomic E-state index is -0.555. The molecule has 0 unspecified atom stereocenters. The van der Waals surface area contributed by atoms with Crippen LogP contribution in [0.1, 0.15) is 63.2 Å². The zero-order valence-electron chi connectivity index (χ0n) is 23.6. The predicted octanol–water partition coefficient (Wildman–Crippen LogP) is 4.45. The van der Waals surface area contributed by atoms with Gasteiger partial charge in [0.25, 0.3) is 5.91 Å². The van der Waals surface area contributed by atoms with Crippen LogP contribution in [0.3, 0.4) is 0 Å². The fourth-order valence-corrected chi connectivity index (χ4v) is 5.01. The smallest absolute Gasteiger partial charge is 0.410 e. The monoisotopic (exact) mass is 531 g/mol. The number of aromatic nitrogens is 3. The molecule has 39 heavy (non-hydrogen) atoms. The first-order chi connectivity index (χ1) is 18.5. The Morgan fingerprint density at radius 3 is 2.67 bits per heavy atom. The first-order valence-corrected chi connectivity index (χ1v) is 13.5. The third-order valence-corrected chi connectivity index (χ3v) is 7.06. The number of nitrogens with one attached hydrogen (secondary N) is 1. The summed E-state index contributed by atoms with van der Waals surface area (Å²) in [5, 5.41) is 4.54. The number of fused-ring (bicyclic) bond motifs is 2. The Labute approximate surface area is 229 Å². The number of carbonyl (C=O) groups is 2. The van der Waals surface area contributed by atoms with E-state index in [1.54, 1.807) is 4.90 Å². The Kier molecular flexibility index (Phi) is 7.05. The number of ether oxygens (including phenoxy) is 1. The second kappa shape index (κ2) is 10.3. The molecular weight excluding hydrogens is 494 g/mol. The minimum Gasteiger partial charge on any atom is -0.444 e. The summed E-state index contributed by atoms with van der Waals surface area (Å²) < 4.78 is 5.59. The first kappa shape index (κ1) is 26.6. The summed E-state index contributed by atoms with van der Waals surface area (Å²) in [6, 6.07) is 10.1. The molecule has 1 fully saturated rings. The van der Waals surface area contributed by atoms with Crippen LogP contribution in [0.15, 0.2) is 36.5 Å². The Morgan fingerprint density at radius 1 is 1.18 bits per heavy atom. The van der Waals surface area contributed by atoms with Crippen molar-refractivity contribution in [1.29, 1.82) is 0 Å². The summed E-state index contributed by atoms with van der Waals surface area (Å²) in [5.41, 5.74) is 2.67. The lowest BCUT2D eigenvalue weighted by Gasteiger charge is -2.40. The van der Waals surface area contributed by atoms with E-state index in [0.717, 1.165) is 22.0 Å². The van der Waals surface area contributed by atoms with E-state index in [1.807, 2.05) is 81.8 Å². The molecule has 206 valence electrons. The number of rotatable bonds is 5. The molecular formula is C29H37N7O3. The molecule has 1 saturated heterocycles. The van der Waals surface area contributed by atoms with Gasteiger partial charge < -0.3 is 24.8 Å². The number of pyridine rings is 1. The number of hydrogen-bond acceptors (Lipinski definition) is 8. The van der Waals surface area contributed by atoms with Crippen molar-refractivity contribution < 1.29 is 14.3 Å². The van der Waals surface area contributed by atoms with Crippen molar-refractivity contribution in [2.45, 2.75) is 72.3 Å². The highest BCUT2D eigenvalue weighted by Crippen LogP contribution is 2.31. The molecule has 0 saturated carbocycles. The molecule has 1 atom stereocenters. The molecule has 3 aromatic rings. The van der Waals surface area contributed by atoms with Crippen molar-refractivity contribution in [2.75, 3.05) is 29.9 Å². The zero-order valence-corrected chi connectivity index (χ0v) is 23.6. The Bertz CT molecular complexity index is 1400. The fourth-order valence-electron chi connectivity index (χ4n) is 5.01. The third kappa shape index (κ3) is 5.60. The molecule has 2 aliphatic rings. The van der Waals surface area contributed by atoms with Crippen LogP contribution >= 0.6 is 0 Å². The fraction of sp³-hybridized carbons (Fsp3) is 0.483. The summed E-state index contributed by atoms with van der Waals surface area (Å²) in [5.74, 6) is 1.06. The maximum absolute atomic E-state index is 13.3. The molecule has 0 bridgehead atoms. The van der Waals surface area contributed by atoms with Crippen molar-refractivity contribution in [1.82, 2.24) is 24.8 Å². The highest BCUT2D eigenvalue weighted by atomic mass is 16.6. The molecule has 5 rings (SSSR count). The predicted molar refractivity (Wildman–Crippen MR) is 151 cm³/mol. The molecule has 0 spiro atoms. The lowest BCUT2D eigenvalue weighted by molar-refractivity contribution is 0.0158. The molecule has 4 heterocycles. The summed E-state index contributed by atoms with van der Waals surface area (Å²) in [4.78, 5) is 45.8. The van der Waals surface area contributed by atoms with Gasteiger partial charge in [-0.25, -0.2) is 9.78 Å². The number of para-hydroxylation sites is 1. The van der Waals surface area contributed by atoms with Gasteiger partial charge in [0.1, 0.15) is 17.1 Å². The minimum absolute atomic E-state index is 0.0464. The largest absolute Gasteiger partial charge is 0.444 e. The van der Waals surface area contributed by atoms with Crippen LogP contribution in [0.25, 0.3) is 10.9 Å². The number of carbonyl (C=O) groups excluding carboxylic acids is 2. The lowest BCUT2D eigenvalue weighted by Crippen LogP contribution is -2.55. The second-order valence-electron chi connectivity index (χ2n) is 11.6. The first-order valence-electron chi connectivity index (χ1n) is 13.5. The van der Waals surface area contributed by atoms with Crippen molar-refractivity contribution in [3.05, 3.63) is 53.3 Å². The van der Waals surface area contributed by atoms with Gasteiger partial charge in [-0.3, -0.25) is 9.78 Å². The van der Waals surface area contributed by atoms with Gasteiger partial charge in [-0.2, -0.15) is 4.98 Å². The maximum Gasteiger partial charge on any atom is 0.410 e. The Hall–Kier alpha value is -3.95. The number of hydrogen-bond donors (Lipinski definition) is 1. The Balaban J connectivity index is 1.40. The van der Waals surface area contributed by atoms with Crippen molar-refractivity contribution in [3.63, 3.8) is 0 Å². The van der Waals surface area contributed by atoms with Gasteiger partial charge in [0.05, 0.1) is 12.1 Å². The number of amides is 2. The van der Waals surface area contributed by atoms with E-state index in [0.29, 0.717) is 50.2 Å². The Morgan fingerprint density at radius 2 is 1.95 bits per heavy atom. The average molecular weight is 532 g/mol. The molecule has 2 aliphatic heterocycles. The zero-order chi connectivity index (χ0) is 27.9.